The molecule has 9 nitrogen and oxygen atoms in total. The smallest absolute Gasteiger partial charge is 0.280 e. The molecule has 0 bridgehead atoms. The van der Waals surface area contributed by atoms with Crippen molar-refractivity contribution in [2.24, 2.45) is 0 Å². The zero-order valence-electron chi connectivity index (χ0n) is 15.5. The number of nitrogens with zero attached hydrogens (tertiary/aromatic N) is 3. The van der Waals surface area contributed by atoms with Crippen molar-refractivity contribution in [3.05, 3.63) is 51.8 Å². The standard InChI is InChI=1S/C17H21FN5O4P/c1-11-3-4-12(7-13(11)18)8-27-28(2,25)10-26-6-5-23-9-20-14-15(23)21-17(19)22-16(14)24/h3-4,7,9H,5-6,8,10H2,1-2H3,(H3,19,21,22,24). The minimum absolute atomic E-state index is 0.000768. The molecule has 0 aliphatic carbocycles. The SMILES string of the molecule is Cc1ccc(COP(C)(=O)COCCn2cnc3c(=O)[nH]c(N)nc32)cc1F. The van der Waals surface area contributed by atoms with Crippen LogP contribution in [0.3, 0.4) is 0 Å². The molecule has 0 amide bonds. The van der Waals surface area contributed by atoms with Gasteiger partial charge < -0.3 is 19.6 Å². The zero-order chi connectivity index (χ0) is 20.3. The lowest BCUT2D eigenvalue weighted by atomic mass is 10.1. The van der Waals surface area contributed by atoms with Crippen molar-refractivity contribution in [1.29, 1.82) is 0 Å². The minimum atomic E-state index is -3.02. The summed E-state index contributed by atoms with van der Waals surface area (Å²) in [5.74, 6) is -0.330. The topological polar surface area (TPSA) is 125 Å². The first-order chi connectivity index (χ1) is 13.2. The molecular weight excluding hydrogens is 388 g/mol. The van der Waals surface area contributed by atoms with Gasteiger partial charge in [0, 0.05) is 13.2 Å². The molecule has 28 heavy (non-hydrogen) atoms. The highest BCUT2D eigenvalue weighted by Crippen LogP contribution is 2.43. The molecule has 0 aliphatic heterocycles. The van der Waals surface area contributed by atoms with E-state index in [1.807, 2.05) is 0 Å². The number of aromatic nitrogens is 4. The number of nitrogen functional groups attached to an aromatic ring is 1. The summed E-state index contributed by atoms with van der Waals surface area (Å²) in [5.41, 5.74) is 6.81. The first kappa shape index (κ1) is 20.2. The number of rotatable bonds is 8. The third-order valence-corrected chi connectivity index (χ3v) is 5.36. The Labute approximate surface area is 160 Å². The number of anilines is 1. The first-order valence-corrected chi connectivity index (χ1v) is 10.8. The number of imidazole rings is 1. The van der Waals surface area contributed by atoms with Gasteiger partial charge in [-0.3, -0.25) is 14.3 Å². The van der Waals surface area contributed by atoms with E-state index in [0.29, 0.717) is 23.3 Å². The predicted octanol–water partition coefficient (Wildman–Crippen LogP) is 2.25. The molecule has 1 aromatic carbocycles. The van der Waals surface area contributed by atoms with Crippen molar-refractivity contribution < 1.29 is 18.2 Å². The molecule has 0 radical (unpaired) electrons. The number of fused-ring (bicyclic) bond motifs is 1. The molecule has 150 valence electrons. The van der Waals surface area contributed by atoms with E-state index in [9.17, 15) is 13.8 Å². The van der Waals surface area contributed by atoms with Crippen molar-refractivity contribution in [3.63, 3.8) is 0 Å². The Bertz CT molecular complexity index is 1100. The van der Waals surface area contributed by atoms with Crippen LogP contribution in [-0.4, -0.2) is 39.1 Å². The van der Waals surface area contributed by atoms with Crippen molar-refractivity contribution >= 4 is 24.5 Å². The molecule has 0 fully saturated rings. The molecule has 3 aromatic rings. The average Bonchev–Trinajstić information content (AvgIpc) is 3.03. The van der Waals surface area contributed by atoms with Gasteiger partial charge in [-0.1, -0.05) is 12.1 Å². The second kappa shape index (κ2) is 8.22. The summed E-state index contributed by atoms with van der Waals surface area (Å²) in [5, 5.41) is 0. The number of aromatic amines is 1. The number of benzene rings is 1. The minimum Gasteiger partial charge on any atom is -0.370 e. The highest BCUT2D eigenvalue weighted by molar-refractivity contribution is 7.57. The van der Waals surface area contributed by atoms with Gasteiger partial charge in [0.15, 0.2) is 11.2 Å². The van der Waals surface area contributed by atoms with Gasteiger partial charge in [-0.25, -0.2) is 9.37 Å². The molecule has 1 unspecified atom stereocenters. The summed E-state index contributed by atoms with van der Waals surface area (Å²) >= 11 is 0. The lowest BCUT2D eigenvalue weighted by molar-refractivity contribution is 0.153. The van der Waals surface area contributed by atoms with Crippen molar-refractivity contribution in [2.45, 2.75) is 20.1 Å². The fourth-order valence-electron chi connectivity index (χ4n) is 2.50. The van der Waals surface area contributed by atoms with E-state index in [4.69, 9.17) is 15.0 Å². The quantitative estimate of drug-likeness (QED) is 0.432. The monoisotopic (exact) mass is 409 g/mol. The fraction of sp³-hybridized carbons (Fsp3) is 0.353. The summed E-state index contributed by atoms with van der Waals surface area (Å²) < 4.78 is 38.5. The molecule has 11 heteroatoms. The van der Waals surface area contributed by atoms with E-state index in [-0.39, 0.29) is 36.8 Å². The van der Waals surface area contributed by atoms with Gasteiger partial charge in [-0.05, 0) is 24.1 Å². The van der Waals surface area contributed by atoms with Crippen molar-refractivity contribution in [1.82, 2.24) is 19.5 Å². The lowest BCUT2D eigenvalue weighted by Gasteiger charge is -2.15. The van der Waals surface area contributed by atoms with Crippen LogP contribution in [0.15, 0.2) is 29.3 Å². The Morgan fingerprint density at radius 2 is 2.18 bits per heavy atom. The number of hydrogen-bond acceptors (Lipinski definition) is 7. The average molecular weight is 409 g/mol. The zero-order valence-corrected chi connectivity index (χ0v) is 16.4. The van der Waals surface area contributed by atoms with Crippen LogP contribution in [0.1, 0.15) is 11.1 Å². The first-order valence-electron chi connectivity index (χ1n) is 8.50. The van der Waals surface area contributed by atoms with Gasteiger partial charge in [0.05, 0.1) is 19.5 Å². The third kappa shape index (κ3) is 4.83. The number of hydrogen-bond donors (Lipinski definition) is 2. The maximum atomic E-state index is 13.6. The highest BCUT2D eigenvalue weighted by atomic mass is 31.2. The van der Waals surface area contributed by atoms with E-state index in [0.717, 1.165) is 0 Å². The molecule has 3 N–H and O–H groups in total. The van der Waals surface area contributed by atoms with Crippen LogP contribution in [0, 0.1) is 12.7 Å². The lowest BCUT2D eigenvalue weighted by Crippen LogP contribution is -2.13. The van der Waals surface area contributed by atoms with Crippen LogP contribution in [0.5, 0.6) is 0 Å². The second-order valence-electron chi connectivity index (χ2n) is 6.47. The largest absolute Gasteiger partial charge is 0.370 e. The molecule has 0 spiro atoms. The van der Waals surface area contributed by atoms with Gasteiger partial charge in [0.1, 0.15) is 12.2 Å². The third-order valence-electron chi connectivity index (χ3n) is 4.04. The second-order valence-corrected chi connectivity index (χ2v) is 9.01. The van der Waals surface area contributed by atoms with E-state index in [1.54, 1.807) is 23.6 Å². The van der Waals surface area contributed by atoms with Gasteiger partial charge in [0.25, 0.3) is 5.56 Å². The van der Waals surface area contributed by atoms with Crippen LogP contribution >= 0.6 is 7.37 Å². The molecular formula is C17H21FN5O4P. The van der Waals surface area contributed by atoms with Crippen LogP contribution < -0.4 is 11.3 Å². The summed E-state index contributed by atoms with van der Waals surface area (Å²) in [6.45, 7) is 3.72. The predicted molar refractivity (Wildman–Crippen MR) is 103 cm³/mol. The van der Waals surface area contributed by atoms with E-state index in [2.05, 4.69) is 15.0 Å². The van der Waals surface area contributed by atoms with E-state index >= 15 is 0 Å². The van der Waals surface area contributed by atoms with Crippen molar-refractivity contribution in [2.75, 3.05) is 25.4 Å². The van der Waals surface area contributed by atoms with Crippen LogP contribution in [0.4, 0.5) is 10.3 Å². The van der Waals surface area contributed by atoms with E-state index in [1.165, 1.54) is 19.1 Å². The number of aryl methyl sites for hydroxylation is 1. The highest BCUT2D eigenvalue weighted by Gasteiger charge is 2.17. The molecule has 2 aromatic heterocycles. The Kier molecular flexibility index (Phi) is 5.93. The van der Waals surface area contributed by atoms with Gasteiger partial charge in [0.2, 0.25) is 13.3 Å². The Hall–Kier alpha value is -2.55. The summed E-state index contributed by atoms with van der Waals surface area (Å²) in [6.07, 6.45) is 1.37. The maximum Gasteiger partial charge on any atom is 0.280 e. The molecule has 1 atom stereocenters. The van der Waals surface area contributed by atoms with Crippen molar-refractivity contribution in [3.8, 4) is 0 Å². The van der Waals surface area contributed by atoms with Gasteiger partial charge in [-0.2, -0.15) is 4.98 Å². The Balaban J connectivity index is 1.51. The summed E-state index contributed by atoms with van der Waals surface area (Å²) in [6, 6.07) is 4.73. The molecule has 0 saturated carbocycles. The fourth-order valence-corrected chi connectivity index (χ4v) is 3.46. The number of halogens is 1. The molecule has 0 saturated heterocycles. The van der Waals surface area contributed by atoms with Gasteiger partial charge in [-0.15, -0.1) is 0 Å². The molecule has 2 heterocycles. The molecule has 3 rings (SSSR count). The van der Waals surface area contributed by atoms with E-state index < -0.39 is 12.9 Å². The normalized spacial score (nSPS) is 13.7. The number of nitrogens with two attached hydrogens (primary N) is 1. The number of nitrogens with one attached hydrogen (secondary N) is 1. The summed E-state index contributed by atoms with van der Waals surface area (Å²) in [7, 11) is -3.02. The number of H-pyrrole nitrogens is 1. The maximum absolute atomic E-state index is 13.6. The Morgan fingerprint density at radius 3 is 2.93 bits per heavy atom. The van der Waals surface area contributed by atoms with Gasteiger partial charge >= 0.3 is 0 Å². The Morgan fingerprint density at radius 1 is 1.39 bits per heavy atom. The molecule has 0 aliphatic rings. The van der Waals surface area contributed by atoms with Crippen LogP contribution in [0.25, 0.3) is 11.2 Å². The number of ether oxygens (including phenoxy) is 1. The summed E-state index contributed by atoms with van der Waals surface area (Å²) in [4.78, 5) is 22.2. The van der Waals surface area contributed by atoms with Crippen LogP contribution in [-0.2, 0) is 27.0 Å². The van der Waals surface area contributed by atoms with Crippen LogP contribution in [0.2, 0.25) is 0 Å².